The van der Waals surface area contributed by atoms with E-state index in [-0.39, 0.29) is 17.6 Å². The van der Waals surface area contributed by atoms with Gasteiger partial charge in [-0.3, -0.25) is 14.2 Å². The normalized spacial score (nSPS) is 16.8. The van der Waals surface area contributed by atoms with Gasteiger partial charge in [-0.25, -0.2) is 4.98 Å². The largest absolute Gasteiger partial charge is 0.496 e. The van der Waals surface area contributed by atoms with Crippen LogP contribution in [0.4, 0.5) is 0 Å². The van der Waals surface area contributed by atoms with Gasteiger partial charge in [0.2, 0.25) is 5.91 Å². The van der Waals surface area contributed by atoms with Crippen molar-refractivity contribution in [3.05, 3.63) is 64.4 Å². The van der Waals surface area contributed by atoms with E-state index in [9.17, 15) is 9.59 Å². The van der Waals surface area contributed by atoms with Crippen molar-refractivity contribution in [1.82, 2.24) is 14.9 Å². The van der Waals surface area contributed by atoms with Crippen molar-refractivity contribution in [3.8, 4) is 5.75 Å². The molecule has 0 radical (unpaired) electrons. The summed E-state index contributed by atoms with van der Waals surface area (Å²) in [5.41, 5.74) is 1.43. The standard InChI is InChI=1S/C24H27N3O4S/c1-16(22(28)25-14-17-8-3-6-12-21(17)30-2)32-24-26-20-11-5-4-10-19(20)23(29)27(24)15-18-9-7-13-31-18/h3-6,8,10-12,16,18H,7,9,13-15H2,1-2H3,(H,25,28). The van der Waals surface area contributed by atoms with Gasteiger partial charge in [0.1, 0.15) is 5.75 Å². The SMILES string of the molecule is COc1ccccc1CNC(=O)C(C)Sc1nc2ccccc2c(=O)n1CC1CCCO1. The summed E-state index contributed by atoms with van der Waals surface area (Å²) in [5.74, 6) is 0.599. The monoisotopic (exact) mass is 453 g/mol. The van der Waals surface area contributed by atoms with Crippen LogP contribution in [0.1, 0.15) is 25.3 Å². The number of rotatable bonds is 8. The molecule has 4 rings (SSSR count). The Kier molecular flexibility index (Phi) is 7.12. The van der Waals surface area contributed by atoms with E-state index in [1.807, 2.05) is 49.4 Å². The molecular weight excluding hydrogens is 426 g/mol. The lowest BCUT2D eigenvalue weighted by Crippen LogP contribution is -2.33. The van der Waals surface area contributed by atoms with Crippen molar-refractivity contribution in [2.45, 2.75) is 49.4 Å². The summed E-state index contributed by atoms with van der Waals surface area (Å²) in [6.07, 6.45) is 1.90. The number of thioether (sulfide) groups is 1. The molecule has 1 aliphatic heterocycles. The number of amides is 1. The fraction of sp³-hybridized carbons (Fsp3) is 0.375. The van der Waals surface area contributed by atoms with E-state index in [1.165, 1.54) is 11.8 Å². The van der Waals surface area contributed by atoms with Crippen LogP contribution in [0.25, 0.3) is 10.9 Å². The number of aromatic nitrogens is 2. The first-order valence-electron chi connectivity index (χ1n) is 10.7. The number of benzene rings is 2. The first-order valence-corrected chi connectivity index (χ1v) is 11.6. The molecule has 168 valence electrons. The lowest BCUT2D eigenvalue weighted by atomic mass is 10.2. The number of para-hydroxylation sites is 2. The molecule has 0 spiro atoms. The number of hydrogen-bond donors (Lipinski definition) is 1. The van der Waals surface area contributed by atoms with Gasteiger partial charge in [0.25, 0.3) is 5.56 Å². The van der Waals surface area contributed by atoms with Crippen LogP contribution >= 0.6 is 11.8 Å². The lowest BCUT2D eigenvalue weighted by molar-refractivity contribution is -0.120. The molecule has 8 heteroatoms. The van der Waals surface area contributed by atoms with Crippen molar-refractivity contribution in [2.24, 2.45) is 0 Å². The summed E-state index contributed by atoms with van der Waals surface area (Å²) in [4.78, 5) is 30.7. The fourth-order valence-electron chi connectivity index (χ4n) is 3.78. The van der Waals surface area contributed by atoms with Crippen molar-refractivity contribution in [1.29, 1.82) is 0 Å². The zero-order chi connectivity index (χ0) is 22.5. The Morgan fingerprint density at radius 3 is 2.84 bits per heavy atom. The van der Waals surface area contributed by atoms with Gasteiger partial charge in [-0.15, -0.1) is 0 Å². The van der Waals surface area contributed by atoms with Crippen LogP contribution in [-0.4, -0.2) is 40.5 Å². The fourth-order valence-corrected chi connectivity index (χ4v) is 4.72. The van der Waals surface area contributed by atoms with Crippen LogP contribution in [0.3, 0.4) is 0 Å². The molecule has 2 unspecified atom stereocenters. The number of hydrogen-bond acceptors (Lipinski definition) is 6. The number of methoxy groups -OCH3 is 1. The Bertz CT molecular complexity index is 1160. The highest BCUT2D eigenvalue weighted by molar-refractivity contribution is 8.00. The molecule has 7 nitrogen and oxygen atoms in total. The maximum atomic E-state index is 13.2. The van der Waals surface area contributed by atoms with E-state index >= 15 is 0 Å². The molecule has 3 aromatic rings. The van der Waals surface area contributed by atoms with E-state index < -0.39 is 5.25 Å². The van der Waals surface area contributed by atoms with Crippen LogP contribution in [0.2, 0.25) is 0 Å². The minimum Gasteiger partial charge on any atom is -0.496 e. The Balaban J connectivity index is 1.54. The topological polar surface area (TPSA) is 82.5 Å². The van der Waals surface area contributed by atoms with Crippen molar-refractivity contribution < 1.29 is 14.3 Å². The molecule has 1 aliphatic rings. The lowest BCUT2D eigenvalue weighted by Gasteiger charge is -2.18. The third-order valence-corrected chi connectivity index (χ3v) is 6.62. The van der Waals surface area contributed by atoms with Gasteiger partial charge in [-0.1, -0.05) is 42.1 Å². The molecule has 0 bridgehead atoms. The molecule has 1 N–H and O–H groups in total. The number of nitrogens with zero attached hydrogens (tertiary/aromatic N) is 2. The van der Waals surface area contributed by atoms with Gasteiger partial charge < -0.3 is 14.8 Å². The predicted molar refractivity (Wildman–Crippen MR) is 125 cm³/mol. The summed E-state index contributed by atoms with van der Waals surface area (Å²) in [5, 5.41) is 3.63. The highest BCUT2D eigenvalue weighted by atomic mass is 32.2. The van der Waals surface area contributed by atoms with Gasteiger partial charge in [0.05, 0.1) is 35.9 Å². The highest BCUT2D eigenvalue weighted by Gasteiger charge is 2.23. The molecule has 2 atom stereocenters. The van der Waals surface area contributed by atoms with E-state index in [1.54, 1.807) is 17.7 Å². The average Bonchev–Trinajstić information content (AvgIpc) is 3.33. The maximum absolute atomic E-state index is 13.2. The molecule has 32 heavy (non-hydrogen) atoms. The van der Waals surface area contributed by atoms with Gasteiger partial charge in [-0.2, -0.15) is 0 Å². The molecule has 1 fully saturated rings. The van der Waals surface area contributed by atoms with Crippen molar-refractivity contribution in [3.63, 3.8) is 0 Å². The van der Waals surface area contributed by atoms with Crippen LogP contribution in [0.5, 0.6) is 5.75 Å². The minimum atomic E-state index is -0.437. The average molecular weight is 454 g/mol. The highest BCUT2D eigenvalue weighted by Crippen LogP contribution is 2.25. The van der Waals surface area contributed by atoms with Crippen molar-refractivity contribution in [2.75, 3.05) is 13.7 Å². The van der Waals surface area contributed by atoms with E-state index in [2.05, 4.69) is 5.32 Å². The Labute approximate surface area is 191 Å². The first kappa shape index (κ1) is 22.4. The summed E-state index contributed by atoms with van der Waals surface area (Å²) in [6.45, 7) is 3.33. The van der Waals surface area contributed by atoms with Gasteiger partial charge >= 0.3 is 0 Å². The van der Waals surface area contributed by atoms with Crippen molar-refractivity contribution >= 4 is 28.6 Å². The quantitative estimate of drug-likeness (QED) is 0.416. The summed E-state index contributed by atoms with van der Waals surface area (Å²) in [6, 6.07) is 14.9. The summed E-state index contributed by atoms with van der Waals surface area (Å²) in [7, 11) is 1.61. The second-order valence-electron chi connectivity index (χ2n) is 7.75. The molecule has 0 aliphatic carbocycles. The molecule has 1 amide bonds. The summed E-state index contributed by atoms with van der Waals surface area (Å²) < 4.78 is 12.8. The molecule has 1 saturated heterocycles. The first-order chi connectivity index (χ1) is 15.6. The number of fused-ring (bicyclic) bond motifs is 1. The third-order valence-electron chi connectivity index (χ3n) is 5.53. The Hall–Kier alpha value is -2.84. The number of ether oxygens (including phenoxy) is 2. The smallest absolute Gasteiger partial charge is 0.262 e. The van der Waals surface area contributed by atoms with Crippen LogP contribution in [-0.2, 0) is 22.6 Å². The molecule has 2 heterocycles. The third kappa shape index (κ3) is 4.97. The second-order valence-corrected chi connectivity index (χ2v) is 9.06. The molecular formula is C24H27N3O4S. The minimum absolute atomic E-state index is 0.00955. The second kappa shape index (κ2) is 10.2. The zero-order valence-electron chi connectivity index (χ0n) is 18.2. The summed E-state index contributed by atoms with van der Waals surface area (Å²) >= 11 is 1.29. The molecule has 1 aromatic heterocycles. The van der Waals surface area contributed by atoms with E-state index in [0.29, 0.717) is 35.8 Å². The number of carbonyl (C=O) groups is 1. The van der Waals surface area contributed by atoms with Crippen LogP contribution < -0.4 is 15.6 Å². The maximum Gasteiger partial charge on any atom is 0.262 e. The number of nitrogens with one attached hydrogen (secondary N) is 1. The van der Waals surface area contributed by atoms with E-state index in [4.69, 9.17) is 14.5 Å². The zero-order valence-corrected chi connectivity index (χ0v) is 19.1. The van der Waals surface area contributed by atoms with Crippen LogP contribution in [0.15, 0.2) is 58.5 Å². The van der Waals surface area contributed by atoms with Gasteiger partial charge in [0.15, 0.2) is 5.16 Å². The molecule has 0 saturated carbocycles. The van der Waals surface area contributed by atoms with Crippen LogP contribution in [0, 0.1) is 0 Å². The Morgan fingerprint density at radius 2 is 2.06 bits per heavy atom. The Morgan fingerprint density at radius 1 is 1.28 bits per heavy atom. The van der Waals surface area contributed by atoms with Gasteiger partial charge in [-0.05, 0) is 38.0 Å². The number of carbonyl (C=O) groups excluding carboxylic acids is 1. The predicted octanol–water partition coefficient (Wildman–Crippen LogP) is 3.38. The van der Waals surface area contributed by atoms with E-state index in [0.717, 1.165) is 24.2 Å². The van der Waals surface area contributed by atoms with Gasteiger partial charge in [0, 0.05) is 18.7 Å². The molecule has 2 aromatic carbocycles.